The van der Waals surface area contributed by atoms with Crippen molar-refractivity contribution in [3.8, 4) is 0 Å². The van der Waals surface area contributed by atoms with Gasteiger partial charge in [0.2, 0.25) is 11.8 Å². The normalized spacial score (nSPS) is 11.3. The Bertz CT molecular complexity index is 5700. The summed E-state index contributed by atoms with van der Waals surface area (Å²) in [6.45, 7) is 7.15. The molecule has 0 aliphatic carbocycles. The van der Waals surface area contributed by atoms with Crippen molar-refractivity contribution in [2.75, 3.05) is 33.5 Å². The van der Waals surface area contributed by atoms with Gasteiger partial charge in [-0.05, 0) is 215 Å². The third kappa shape index (κ3) is 23.5. The average molecular weight is 1620 g/mol. The van der Waals surface area contributed by atoms with Gasteiger partial charge >= 0.3 is 15.3 Å². The monoisotopic (exact) mass is 1620 g/mol. The molecule has 0 unspecified atom stereocenters. The third-order valence-electron chi connectivity index (χ3n) is 16.4. The van der Waals surface area contributed by atoms with Crippen LogP contribution >= 0.6 is 73.7 Å². The van der Waals surface area contributed by atoms with E-state index in [0.29, 0.717) is 40.6 Å². The van der Waals surface area contributed by atoms with Crippen LogP contribution in [-0.2, 0) is 33.4 Å². The summed E-state index contributed by atoms with van der Waals surface area (Å²) in [5.74, 6) is 3.89. The lowest BCUT2D eigenvalue weighted by molar-refractivity contribution is -0.117. The smallest absolute Gasteiger partial charge is 0.339 e. The molecule has 11 heterocycles. The van der Waals surface area contributed by atoms with Gasteiger partial charge in [0.05, 0.1) is 23.8 Å². The molecule has 0 saturated heterocycles. The maximum atomic E-state index is 11.7. The Morgan fingerprint density at radius 3 is 1.62 bits per heavy atom. The Kier molecular flexibility index (Phi) is 35.0. The summed E-state index contributed by atoms with van der Waals surface area (Å²) in [4.78, 5) is 96.8. The van der Waals surface area contributed by atoms with Gasteiger partial charge in [-0.2, -0.15) is 0 Å². The molecule has 7 aromatic carbocycles. The number of nitrogens with one attached hydrogen (secondary N) is 5. The summed E-state index contributed by atoms with van der Waals surface area (Å²) in [7, 11) is 0. The molecule has 4 aliphatic heterocycles. The number of carbonyl (C=O) groups excluding carboxylic acids is 5. The first-order valence-electron chi connectivity index (χ1n) is 31.6. The van der Waals surface area contributed by atoms with Gasteiger partial charge in [-0.3, -0.25) is 38.6 Å². The summed E-state index contributed by atoms with van der Waals surface area (Å²) in [5.41, 5.74) is 19.2. The van der Waals surface area contributed by atoms with Crippen molar-refractivity contribution in [3.63, 3.8) is 0 Å². The van der Waals surface area contributed by atoms with Crippen LogP contribution in [0.4, 0.5) is 44.5 Å². The van der Waals surface area contributed by atoms with Crippen LogP contribution in [0.25, 0.3) is 75.4 Å². The Morgan fingerprint density at radius 1 is 0.509 bits per heavy atom. The highest BCUT2D eigenvalue weighted by atomic mass is 36.0. The van der Waals surface area contributed by atoms with Crippen molar-refractivity contribution in [1.29, 1.82) is 0 Å². The summed E-state index contributed by atoms with van der Waals surface area (Å²) in [6.07, 6.45) is 15.6. The molecular formula is C82H85Cl6N14O7P. The Morgan fingerprint density at radius 2 is 1.00 bits per heavy atom. The van der Waals surface area contributed by atoms with Gasteiger partial charge in [-0.25, -0.2) is 34.9 Å². The van der Waals surface area contributed by atoms with Crippen LogP contribution in [0.3, 0.4) is 0 Å². The number of H-pyrrole nitrogens is 1. The number of benzene rings is 7. The van der Waals surface area contributed by atoms with E-state index in [4.69, 9.17) is 27.9 Å². The number of rotatable bonds is 3. The molecule has 0 fully saturated rings. The molecule has 21 nitrogen and oxygen atoms in total. The SMILES string of the molecule is C.C.C.C.C.C.C1=Nc2nccc3cccc1c23.Cc1ccc(CC(N)=O)c2c(=O)[nH]ccc12.Cc1ccc2c3c(nccc13)NC(=O)C2.Cc1ccc2c3c(nccc13)NCC2.Nc1nccc2ccccc12.O=C(Cl)Cl.O=C(Cl)Nc1nccc2ccccc12.O=C1Nc2nccc3cccc1c23.O=P(Cl)(Cl)Cl. The number of nitrogens with zero attached hydrogens (tertiary/aromatic N) is 7. The number of aliphatic imine (C=N–C) groups is 1. The van der Waals surface area contributed by atoms with Crippen LogP contribution in [0.5, 0.6) is 0 Å². The lowest BCUT2D eigenvalue weighted by Crippen LogP contribution is -2.20. The van der Waals surface area contributed by atoms with Crippen LogP contribution in [0, 0.1) is 20.8 Å². The number of aromatic amines is 1. The molecule has 572 valence electrons. The first kappa shape index (κ1) is 91.4. The number of pyridine rings is 7. The minimum Gasteiger partial charge on any atom is -0.383 e. The van der Waals surface area contributed by atoms with Crippen LogP contribution in [-0.4, -0.2) is 75.4 Å². The lowest BCUT2D eigenvalue weighted by Gasteiger charge is -2.18. The van der Waals surface area contributed by atoms with Gasteiger partial charge in [0.25, 0.3) is 11.5 Å². The first-order chi connectivity index (χ1) is 49.9. The van der Waals surface area contributed by atoms with E-state index in [1.54, 1.807) is 43.2 Å². The van der Waals surface area contributed by atoms with Gasteiger partial charge < -0.3 is 32.4 Å². The highest BCUT2D eigenvalue weighted by Crippen LogP contribution is 2.61. The van der Waals surface area contributed by atoms with E-state index < -0.39 is 21.2 Å². The fraction of sp³-hybridized carbons (Fsp3) is 0.159. The quantitative estimate of drug-likeness (QED) is 0.0491. The minimum absolute atomic E-state index is 0. The number of fused-ring (bicyclic) bond motifs is 3. The number of aromatic nitrogens is 7. The molecule has 0 radical (unpaired) electrons. The summed E-state index contributed by atoms with van der Waals surface area (Å²) >= 11 is 27.9. The first-order valence-corrected chi connectivity index (χ1v) is 37.2. The highest BCUT2D eigenvalue weighted by Gasteiger charge is 2.22. The zero-order valence-electron chi connectivity index (χ0n) is 55.4. The molecule has 0 bridgehead atoms. The largest absolute Gasteiger partial charge is 0.383 e. The molecule has 0 spiro atoms. The van der Waals surface area contributed by atoms with E-state index in [0.717, 1.165) is 84.4 Å². The number of hydrogen-bond acceptors (Lipinski definition) is 16. The van der Waals surface area contributed by atoms with Gasteiger partial charge in [-0.1, -0.05) is 160 Å². The number of anilines is 5. The summed E-state index contributed by atoms with van der Waals surface area (Å²) in [6, 6.07) is 53.3. The molecule has 18 rings (SSSR count). The topological polar surface area (TPSA) is 325 Å². The number of nitrogen functional groups attached to an aromatic ring is 1. The van der Waals surface area contributed by atoms with Gasteiger partial charge in [0.15, 0.2) is 5.82 Å². The van der Waals surface area contributed by atoms with Crippen molar-refractivity contribution < 1.29 is 28.5 Å². The number of carbonyl (C=O) groups is 5. The number of primary amides is 1. The maximum Gasteiger partial charge on any atom is 0.339 e. The molecule has 9 N–H and O–H groups in total. The Hall–Kier alpha value is -11.0. The molecule has 0 atom stereocenters. The van der Waals surface area contributed by atoms with E-state index in [2.05, 4.69) is 168 Å². The van der Waals surface area contributed by atoms with E-state index in [9.17, 15) is 28.5 Å². The van der Waals surface area contributed by atoms with E-state index in [1.165, 1.54) is 49.2 Å². The average Bonchev–Trinajstić information content (AvgIpc) is 0.889. The standard InChI is InChI=1S/C12H12N2O2.C12H10N2O.C12H12N2.C10H7ClN2O.C10H6N2O.C10H6N2.C9H8N2.CCl2O.6CH4.Cl3OP/c1-7-2-3-8(6-10(13)15)11-9(7)4-5-14-12(11)16;1-7-2-3-8-6-10(15)14-12-11(8)9(7)4-5-13-12;1-8-2-3-9-4-6-13-12-11(9)10(8)5-7-14-12;11-10(14)13-9-8-4-2-1-3-7(8)5-6-12-9;13-10-7-3-1-2-6-4-5-11-9(12-10)8(6)7;1-2-7-4-5-11-10-9(7)8(3-1)6-12-10;10-9-8-4-2-1-3-7(8)5-6-11-9;2-1(3)4;;;;;;;1-5(2,3)4/h2-5H,6H2,1H3,(H2,13,15)(H,14,16);2-5H,6H2,1H3,(H,13,14,15);2-3,5,7H,4,6H2,1H3,(H,13,14);1-6H,(H,12,13,14);1-5H,(H,11,12,13);1-6H;1-6H,(H2,10,11);;6*1H4;. The molecule has 110 heavy (non-hydrogen) atoms. The number of hydrogen-bond donors (Lipinski definition) is 7. The van der Waals surface area contributed by atoms with Gasteiger partial charge in [0.1, 0.15) is 29.1 Å². The van der Waals surface area contributed by atoms with Crippen molar-refractivity contribution in [2.24, 2.45) is 10.7 Å². The van der Waals surface area contributed by atoms with Crippen molar-refractivity contribution in [1.82, 2.24) is 34.9 Å². The Labute approximate surface area is 667 Å². The molecule has 28 heteroatoms. The van der Waals surface area contributed by atoms with Crippen LogP contribution in [0.15, 0.2) is 217 Å². The summed E-state index contributed by atoms with van der Waals surface area (Å²) in [5, 5.41) is 22.3. The Balaban J connectivity index is 0.000000264. The second-order valence-corrected chi connectivity index (χ2v) is 31.0. The minimum atomic E-state index is -3.22. The predicted octanol–water partition coefficient (Wildman–Crippen LogP) is 22.5. The zero-order chi connectivity index (χ0) is 74.2. The van der Waals surface area contributed by atoms with Crippen molar-refractivity contribution in [3.05, 3.63) is 262 Å². The molecule has 7 aromatic heterocycles. The zero-order valence-corrected chi connectivity index (χ0v) is 60.8. The molecular weight excluding hydrogens is 1540 g/mol. The number of amides is 4. The molecule has 14 aromatic rings. The molecule has 4 amide bonds. The van der Waals surface area contributed by atoms with Crippen LogP contribution < -0.4 is 38.3 Å². The predicted molar refractivity (Wildman–Crippen MR) is 464 cm³/mol. The molecule has 4 aliphatic rings. The lowest BCUT2D eigenvalue weighted by atomic mass is 9.97. The van der Waals surface area contributed by atoms with E-state index >= 15 is 0 Å². The second-order valence-electron chi connectivity index (χ2n) is 23.1. The van der Waals surface area contributed by atoms with Crippen molar-refractivity contribution >= 4 is 218 Å². The third-order valence-corrected chi connectivity index (χ3v) is 16.5. The number of aryl methyl sites for hydroxylation is 3. The number of halogens is 6. The van der Waals surface area contributed by atoms with Crippen molar-refractivity contribution in [2.45, 2.75) is 84.6 Å². The summed E-state index contributed by atoms with van der Waals surface area (Å²) < 4.78 is 8.62. The van der Waals surface area contributed by atoms with E-state index in [1.807, 2.05) is 141 Å². The highest BCUT2D eigenvalue weighted by molar-refractivity contribution is 8.24. The fourth-order valence-corrected chi connectivity index (χ4v) is 11.9. The van der Waals surface area contributed by atoms with Crippen LogP contribution in [0.2, 0.25) is 0 Å². The van der Waals surface area contributed by atoms with Crippen LogP contribution in [0.1, 0.15) is 93.9 Å². The van der Waals surface area contributed by atoms with E-state index in [-0.39, 0.29) is 68.4 Å². The van der Waals surface area contributed by atoms with Gasteiger partial charge in [0, 0.05) is 94.0 Å². The van der Waals surface area contributed by atoms with Gasteiger partial charge in [-0.15, -0.1) is 0 Å². The maximum absolute atomic E-state index is 11.7. The fourth-order valence-electron chi connectivity index (χ4n) is 11.9. The number of nitrogens with two attached hydrogens (primary N) is 2. The second kappa shape index (κ2) is 42.1. The molecule has 0 saturated carbocycles.